The van der Waals surface area contributed by atoms with Gasteiger partial charge in [0.05, 0.1) is 19.2 Å². The van der Waals surface area contributed by atoms with E-state index in [1.54, 1.807) is 6.07 Å². The van der Waals surface area contributed by atoms with Gasteiger partial charge in [-0.15, -0.1) is 0 Å². The second-order valence-corrected chi connectivity index (χ2v) is 4.74. The number of pyridine rings is 1. The summed E-state index contributed by atoms with van der Waals surface area (Å²) >= 11 is 1.14. The molecule has 0 fully saturated rings. The summed E-state index contributed by atoms with van der Waals surface area (Å²) in [5.41, 5.74) is 2.75. The number of aryl methyl sites for hydroxylation is 1. The van der Waals surface area contributed by atoms with Gasteiger partial charge in [0.1, 0.15) is 0 Å². The third-order valence-corrected chi connectivity index (χ3v) is 3.34. The highest BCUT2D eigenvalue weighted by atomic mass is 32.2. The number of nitrogens with one attached hydrogen (secondary N) is 1. The van der Waals surface area contributed by atoms with E-state index in [1.165, 1.54) is 7.11 Å². The molecule has 0 saturated carbocycles. The van der Waals surface area contributed by atoms with Crippen molar-refractivity contribution < 1.29 is 9.22 Å². The SMILES string of the molecule is CCc1cc(-c2ccc(SOOC)cc2)[nH]c(=O)c1. The average Bonchev–Trinajstić information content (AvgIpc) is 2.45. The molecule has 1 aromatic carbocycles. The van der Waals surface area contributed by atoms with Gasteiger partial charge in [0.2, 0.25) is 5.56 Å². The van der Waals surface area contributed by atoms with Crippen LogP contribution in [0.1, 0.15) is 12.5 Å². The zero-order valence-corrected chi connectivity index (χ0v) is 11.6. The molecular weight excluding hydrogens is 262 g/mol. The molecule has 0 aliphatic carbocycles. The Kier molecular flexibility index (Phi) is 4.79. The molecule has 0 aliphatic heterocycles. The molecule has 0 unspecified atom stereocenters. The van der Waals surface area contributed by atoms with Gasteiger partial charge < -0.3 is 4.98 Å². The second-order valence-electron chi connectivity index (χ2n) is 3.96. The minimum Gasteiger partial charge on any atom is -0.322 e. The van der Waals surface area contributed by atoms with E-state index in [-0.39, 0.29) is 5.56 Å². The molecule has 2 aromatic rings. The molecule has 5 heteroatoms. The van der Waals surface area contributed by atoms with Crippen molar-refractivity contribution >= 4 is 12.0 Å². The summed E-state index contributed by atoms with van der Waals surface area (Å²) < 4.78 is 4.78. The third-order valence-electron chi connectivity index (χ3n) is 2.68. The number of H-pyrrole nitrogens is 1. The van der Waals surface area contributed by atoms with Crippen LogP contribution in [0.15, 0.2) is 46.1 Å². The van der Waals surface area contributed by atoms with E-state index in [2.05, 4.69) is 9.87 Å². The summed E-state index contributed by atoms with van der Waals surface area (Å²) in [6, 6.07) is 11.3. The molecule has 4 nitrogen and oxygen atoms in total. The van der Waals surface area contributed by atoms with Gasteiger partial charge in [-0.25, -0.2) is 4.89 Å². The summed E-state index contributed by atoms with van der Waals surface area (Å²) in [6.45, 7) is 2.03. The lowest BCUT2D eigenvalue weighted by Gasteiger charge is -2.05. The smallest absolute Gasteiger partial charge is 0.248 e. The Labute approximate surface area is 115 Å². The molecule has 1 heterocycles. The summed E-state index contributed by atoms with van der Waals surface area (Å²) in [5, 5.41) is 0. The highest BCUT2D eigenvalue weighted by Crippen LogP contribution is 2.23. The van der Waals surface area contributed by atoms with Crippen LogP contribution in [-0.4, -0.2) is 12.1 Å². The van der Waals surface area contributed by atoms with Crippen molar-refractivity contribution in [1.29, 1.82) is 0 Å². The van der Waals surface area contributed by atoms with Gasteiger partial charge in [-0.3, -0.25) is 4.79 Å². The first-order valence-electron chi connectivity index (χ1n) is 5.94. The lowest BCUT2D eigenvalue weighted by Crippen LogP contribution is -2.06. The van der Waals surface area contributed by atoms with E-state index in [1.807, 2.05) is 37.3 Å². The minimum atomic E-state index is -0.0736. The Balaban J connectivity index is 2.26. The molecule has 0 bridgehead atoms. The Bertz CT molecular complexity index is 592. The third kappa shape index (κ3) is 3.70. The number of rotatable bonds is 5. The van der Waals surface area contributed by atoms with Crippen LogP contribution in [-0.2, 0) is 15.6 Å². The first kappa shape index (κ1) is 13.9. The van der Waals surface area contributed by atoms with E-state index in [4.69, 9.17) is 4.33 Å². The molecule has 0 amide bonds. The van der Waals surface area contributed by atoms with Gasteiger partial charge in [0.15, 0.2) is 0 Å². The van der Waals surface area contributed by atoms with Crippen LogP contribution in [0.25, 0.3) is 11.3 Å². The Hall–Kier alpha value is -1.56. The van der Waals surface area contributed by atoms with Gasteiger partial charge in [-0.05, 0) is 35.7 Å². The number of aromatic nitrogens is 1. The normalized spacial score (nSPS) is 10.6. The van der Waals surface area contributed by atoms with Crippen LogP contribution < -0.4 is 5.56 Å². The van der Waals surface area contributed by atoms with Crippen LogP contribution in [0.2, 0.25) is 0 Å². The highest BCUT2D eigenvalue weighted by molar-refractivity contribution is 7.94. The predicted octanol–water partition coefficient (Wildman–Crippen LogP) is 3.19. The minimum absolute atomic E-state index is 0.0736. The molecule has 1 aromatic heterocycles. The number of aromatic amines is 1. The van der Waals surface area contributed by atoms with Gasteiger partial charge >= 0.3 is 0 Å². The highest BCUT2D eigenvalue weighted by Gasteiger charge is 2.02. The first-order chi connectivity index (χ1) is 9.22. The largest absolute Gasteiger partial charge is 0.322 e. The lowest BCUT2D eigenvalue weighted by molar-refractivity contribution is -0.160. The molecule has 0 aliphatic rings. The predicted molar refractivity (Wildman–Crippen MR) is 75.8 cm³/mol. The van der Waals surface area contributed by atoms with E-state index < -0.39 is 0 Å². The maximum absolute atomic E-state index is 11.6. The molecular formula is C14H15NO3S. The zero-order valence-electron chi connectivity index (χ0n) is 10.8. The lowest BCUT2D eigenvalue weighted by atomic mass is 10.1. The molecule has 0 spiro atoms. The molecule has 2 rings (SSSR count). The maximum Gasteiger partial charge on any atom is 0.248 e. The van der Waals surface area contributed by atoms with Crippen molar-refractivity contribution in [2.24, 2.45) is 0 Å². The average molecular weight is 277 g/mol. The van der Waals surface area contributed by atoms with Crippen molar-refractivity contribution in [2.75, 3.05) is 7.11 Å². The monoisotopic (exact) mass is 277 g/mol. The van der Waals surface area contributed by atoms with E-state index in [0.29, 0.717) is 0 Å². The van der Waals surface area contributed by atoms with E-state index in [9.17, 15) is 4.79 Å². The van der Waals surface area contributed by atoms with Crippen LogP contribution >= 0.6 is 12.0 Å². The van der Waals surface area contributed by atoms with Gasteiger partial charge in [0, 0.05) is 16.7 Å². The molecule has 1 N–H and O–H groups in total. The van der Waals surface area contributed by atoms with Gasteiger partial charge in [-0.1, -0.05) is 19.1 Å². The van der Waals surface area contributed by atoms with Gasteiger partial charge in [0.25, 0.3) is 0 Å². The van der Waals surface area contributed by atoms with Crippen LogP contribution in [0.4, 0.5) is 0 Å². The second kappa shape index (κ2) is 6.56. The number of hydrogen-bond acceptors (Lipinski definition) is 4. The fraction of sp³-hybridized carbons (Fsp3) is 0.214. The molecule has 0 radical (unpaired) electrons. The van der Waals surface area contributed by atoms with Crippen molar-refractivity contribution in [2.45, 2.75) is 18.2 Å². The Morgan fingerprint density at radius 1 is 1.21 bits per heavy atom. The van der Waals surface area contributed by atoms with Crippen molar-refractivity contribution in [3.8, 4) is 11.3 Å². The first-order valence-corrected chi connectivity index (χ1v) is 6.68. The number of hydrogen-bond donors (Lipinski definition) is 1. The van der Waals surface area contributed by atoms with Crippen LogP contribution in [0.3, 0.4) is 0 Å². The number of benzene rings is 1. The topological polar surface area (TPSA) is 51.3 Å². The van der Waals surface area contributed by atoms with Crippen LogP contribution in [0, 0.1) is 0 Å². The fourth-order valence-corrected chi connectivity index (χ4v) is 2.12. The molecule has 0 atom stereocenters. The van der Waals surface area contributed by atoms with E-state index in [0.717, 1.165) is 40.2 Å². The molecule has 0 saturated heterocycles. The summed E-state index contributed by atoms with van der Waals surface area (Å²) in [4.78, 5) is 19.9. The zero-order chi connectivity index (χ0) is 13.7. The Morgan fingerprint density at radius 3 is 2.58 bits per heavy atom. The maximum atomic E-state index is 11.6. The van der Waals surface area contributed by atoms with Gasteiger partial charge in [-0.2, -0.15) is 4.33 Å². The molecule has 100 valence electrons. The quantitative estimate of drug-likeness (QED) is 0.518. The van der Waals surface area contributed by atoms with Crippen molar-refractivity contribution in [3.63, 3.8) is 0 Å². The van der Waals surface area contributed by atoms with E-state index >= 15 is 0 Å². The van der Waals surface area contributed by atoms with Crippen molar-refractivity contribution in [1.82, 2.24) is 4.98 Å². The standard InChI is InChI=1S/C14H15NO3S/c1-3-10-8-13(15-14(16)9-10)11-4-6-12(7-5-11)19-18-17-2/h4-9H,3H2,1-2H3,(H,15,16). The van der Waals surface area contributed by atoms with Crippen molar-refractivity contribution in [3.05, 3.63) is 52.3 Å². The summed E-state index contributed by atoms with van der Waals surface area (Å²) in [5.74, 6) is 0. The molecule has 19 heavy (non-hydrogen) atoms. The Morgan fingerprint density at radius 2 is 1.95 bits per heavy atom. The summed E-state index contributed by atoms with van der Waals surface area (Å²) in [7, 11) is 1.46. The van der Waals surface area contributed by atoms with Crippen LogP contribution in [0.5, 0.6) is 0 Å². The fourth-order valence-electron chi connectivity index (χ4n) is 1.72. The summed E-state index contributed by atoms with van der Waals surface area (Å²) in [6.07, 6.45) is 0.840.